The van der Waals surface area contributed by atoms with Gasteiger partial charge in [-0.15, -0.1) is 0 Å². The molecule has 0 unspecified atom stereocenters. The summed E-state index contributed by atoms with van der Waals surface area (Å²) in [5.41, 5.74) is 0.212. The van der Waals surface area contributed by atoms with Gasteiger partial charge in [-0.1, -0.05) is 12.1 Å². The molecule has 0 saturated carbocycles. The van der Waals surface area contributed by atoms with Crippen LogP contribution in [0.3, 0.4) is 0 Å². The highest BCUT2D eigenvalue weighted by Gasteiger charge is 2.14. The molecule has 1 heterocycles. The third-order valence-corrected chi connectivity index (χ3v) is 2.76. The zero-order chi connectivity index (χ0) is 15.9. The smallest absolute Gasteiger partial charge is 0.233 e. The number of benzene rings is 1. The Bertz CT molecular complexity index is 657. The van der Waals surface area contributed by atoms with Crippen molar-refractivity contribution in [1.82, 2.24) is 10.3 Å². The molecule has 0 aliphatic rings. The Kier molecular flexibility index (Phi) is 5.13. The molecule has 0 bridgehead atoms. The number of nitrogens with one attached hydrogen (secondary N) is 2. The highest BCUT2D eigenvalue weighted by atomic mass is 19.1. The van der Waals surface area contributed by atoms with Gasteiger partial charge in [0.15, 0.2) is 0 Å². The quantitative estimate of drug-likeness (QED) is 0.830. The Hall–Kier alpha value is -2.83. The topological polar surface area (TPSA) is 71.1 Å². The summed E-state index contributed by atoms with van der Waals surface area (Å²) >= 11 is 0. The normalized spacial score (nSPS) is 10.1. The number of hydrogen-bond donors (Lipinski definition) is 2. The molecule has 2 N–H and O–H groups in total. The Labute approximate surface area is 125 Å². The molecule has 0 radical (unpaired) electrons. The van der Waals surface area contributed by atoms with Crippen molar-refractivity contribution in [2.45, 2.75) is 13.0 Å². The van der Waals surface area contributed by atoms with Crippen LogP contribution in [0.15, 0.2) is 42.7 Å². The van der Waals surface area contributed by atoms with Crippen LogP contribution < -0.4 is 10.6 Å². The lowest BCUT2D eigenvalue weighted by Gasteiger charge is -2.08. The number of aromatic nitrogens is 1. The minimum Gasteiger partial charge on any atom is -0.352 e. The van der Waals surface area contributed by atoms with Crippen LogP contribution in [0.5, 0.6) is 0 Å². The predicted molar refractivity (Wildman–Crippen MR) is 75.7 cm³/mol. The molecular weight excluding hydrogens is 292 g/mol. The zero-order valence-electron chi connectivity index (χ0n) is 11.5. The maximum Gasteiger partial charge on any atom is 0.233 e. The van der Waals surface area contributed by atoms with E-state index in [1.165, 1.54) is 6.07 Å². The van der Waals surface area contributed by atoms with E-state index in [2.05, 4.69) is 10.3 Å². The molecule has 0 atom stereocenters. The van der Waals surface area contributed by atoms with E-state index in [-0.39, 0.29) is 6.54 Å². The van der Waals surface area contributed by atoms with Gasteiger partial charge in [0.25, 0.3) is 0 Å². The zero-order valence-corrected chi connectivity index (χ0v) is 11.5. The van der Waals surface area contributed by atoms with E-state index in [0.29, 0.717) is 0 Å². The summed E-state index contributed by atoms with van der Waals surface area (Å²) in [5, 5.41) is 4.56. The molecule has 0 aliphatic heterocycles. The first-order chi connectivity index (χ1) is 10.6. The first-order valence-corrected chi connectivity index (χ1v) is 6.45. The van der Waals surface area contributed by atoms with Crippen molar-refractivity contribution in [3.05, 3.63) is 59.9 Å². The number of amides is 2. The first-order valence-electron chi connectivity index (χ1n) is 6.45. The second-order valence-corrected chi connectivity index (χ2v) is 4.46. The van der Waals surface area contributed by atoms with Gasteiger partial charge in [-0.05, 0) is 23.8 Å². The third kappa shape index (κ3) is 4.34. The molecule has 2 aromatic rings. The van der Waals surface area contributed by atoms with Crippen LogP contribution in [0.1, 0.15) is 12.0 Å². The average Bonchev–Trinajstić information content (AvgIpc) is 2.50. The van der Waals surface area contributed by atoms with Gasteiger partial charge in [-0.3, -0.25) is 14.6 Å². The van der Waals surface area contributed by atoms with E-state index in [9.17, 15) is 18.4 Å². The van der Waals surface area contributed by atoms with Crippen LogP contribution in [0, 0.1) is 11.6 Å². The number of hydrogen-bond acceptors (Lipinski definition) is 3. The second-order valence-electron chi connectivity index (χ2n) is 4.46. The fourth-order valence-electron chi connectivity index (χ4n) is 1.71. The predicted octanol–water partition coefficient (Wildman–Crippen LogP) is 2.00. The van der Waals surface area contributed by atoms with Gasteiger partial charge in [-0.2, -0.15) is 0 Å². The molecule has 0 saturated heterocycles. The summed E-state index contributed by atoms with van der Waals surface area (Å²) in [6, 6.07) is 6.69. The van der Waals surface area contributed by atoms with Crippen LogP contribution >= 0.6 is 0 Å². The summed E-state index contributed by atoms with van der Waals surface area (Å²) in [5.74, 6) is -3.15. The lowest BCUT2D eigenvalue weighted by Crippen LogP contribution is -2.28. The molecule has 0 spiro atoms. The first kappa shape index (κ1) is 15.6. The standard InChI is InChI=1S/C15H13F2N3O2/c16-11-4-1-5-12(17)15(11)20-14(22)7-13(21)19-9-10-3-2-6-18-8-10/h1-6,8H,7,9H2,(H,19,21)(H,20,22). The van der Waals surface area contributed by atoms with Crippen LogP contribution in [-0.4, -0.2) is 16.8 Å². The molecule has 114 valence electrons. The molecule has 2 rings (SSSR count). The van der Waals surface area contributed by atoms with Crippen LogP contribution in [0.25, 0.3) is 0 Å². The number of halogens is 2. The fourth-order valence-corrected chi connectivity index (χ4v) is 1.71. The van der Waals surface area contributed by atoms with Gasteiger partial charge >= 0.3 is 0 Å². The summed E-state index contributed by atoms with van der Waals surface area (Å²) in [6.07, 6.45) is 2.64. The number of carbonyl (C=O) groups is 2. The van der Waals surface area contributed by atoms with Crippen LogP contribution in [0.2, 0.25) is 0 Å². The number of rotatable bonds is 5. The second kappa shape index (κ2) is 7.26. The number of carbonyl (C=O) groups excluding carboxylic acids is 2. The van der Waals surface area contributed by atoms with E-state index in [1.807, 2.05) is 5.32 Å². The maximum absolute atomic E-state index is 13.4. The Morgan fingerprint density at radius 3 is 2.41 bits per heavy atom. The molecule has 2 amide bonds. The van der Waals surface area contributed by atoms with Crippen LogP contribution in [0.4, 0.5) is 14.5 Å². The lowest BCUT2D eigenvalue weighted by atomic mass is 10.2. The summed E-state index contributed by atoms with van der Waals surface area (Å²) in [4.78, 5) is 27.1. The summed E-state index contributed by atoms with van der Waals surface area (Å²) in [6.45, 7) is 0.216. The summed E-state index contributed by atoms with van der Waals surface area (Å²) < 4.78 is 26.7. The highest BCUT2D eigenvalue weighted by Crippen LogP contribution is 2.17. The SMILES string of the molecule is O=C(CC(=O)Nc1c(F)cccc1F)NCc1cccnc1. The lowest BCUT2D eigenvalue weighted by molar-refractivity contribution is -0.126. The van der Waals surface area contributed by atoms with Gasteiger partial charge < -0.3 is 10.6 Å². The molecule has 1 aromatic carbocycles. The molecule has 1 aromatic heterocycles. The molecular formula is C15H13F2N3O2. The molecule has 5 nitrogen and oxygen atoms in total. The van der Waals surface area contributed by atoms with E-state index < -0.39 is 35.6 Å². The number of para-hydroxylation sites is 1. The van der Waals surface area contributed by atoms with Crippen molar-refractivity contribution in [2.75, 3.05) is 5.32 Å². The highest BCUT2D eigenvalue weighted by molar-refractivity contribution is 6.03. The fraction of sp³-hybridized carbons (Fsp3) is 0.133. The molecule has 0 aliphatic carbocycles. The summed E-state index contributed by atoms with van der Waals surface area (Å²) in [7, 11) is 0. The number of nitrogens with zero attached hydrogens (tertiary/aromatic N) is 1. The maximum atomic E-state index is 13.4. The van der Waals surface area contributed by atoms with E-state index in [0.717, 1.165) is 17.7 Å². The van der Waals surface area contributed by atoms with Crippen LogP contribution in [-0.2, 0) is 16.1 Å². The minimum absolute atomic E-state index is 0.216. The van der Waals surface area contributed by atoms with Crippen molar-refractivity contribution in [3.63, 3.8) is 0 Å². The van der Waals surface area contributed by atoms with Gasteiger partial charge in [0, 0.05) is 18.9 Å². The Morgan fingerprint density at radius 2 is 1.77 bits per heavy atom. The van der Waals surface area contributed by atoms with Crippen molar-refractivity contribution >= 4 is 17.5 Å². The molecule has 22 heavy (non-hydrogen) atoms. The Morgan fingerprint density at radius 1 is 1.05 bits per heavy atom. The number of pyridine rings is 1. The van der Waals surface area contributed by atoms with Gasteiger partial charge in [-0.25, -0.2) is 8.78 Å². The van der Waals surface area contributed by atoms with Crippen molar-refractivity contribution < 1.29 is 18.4 Å². The Balaban J connectivity index is 1.85. The van der Waals surface area contributed by atoms with Gasteiger partial charge in [0.2, 0.25) is 11.8 Å². The van der Waals surface area contributed by atoms with Crippen molar-refractivity contribution in [2.24, 2.45) is 0 Å². The monoisotopic (exact) mass is 305 g/mol. The van der Waals surface area contributed by atoms with Crippen molar-refractivity contribution in [1.29, 1.82) is 0 Å². The largest absolute Gasteiger partial charge is 0.352 e. The van der Waals surface area contributed by atoms with Gasteiger partial charge in [0.05, 0.1) is 0 Å². The van der Waals surface area contributed by atoms with Gasteiger partial charge in [0.1, 0.15) is 23.7 Å². The number of anilines is 1. The average molecular weight is 305 g/mol. The molecule has 7 heteroatoms. The van der Waals surface area contributed by atoms with E-state index in [4.69, 9.17) is 0 Å². The minimum atomic E-state index is -0.899. The third-order valence-electron chi connectivity index (χ3n) is 2.76. The van der Waals surface area contributed by atoms with Crippen molar-refractivity contribution in [3.8, 4) is 0 Å². The van der Waals surface area contributed by atoms with E-state index in [1.54, 1.807) is 24.5 Å². The molecule has 0 fully saturated rings. The van der Waals surface area contributed by atoms with E-state index >= 15 is 0 Å².